The van der Waals surface area contributed by atoms with Gasteiger partial charge in [-0.05, 0) is 37.3 Å². The molecule has 0 radical (unpaired) electrons. The molecule has 156 valence electrons. The molecule has 30 heavy (non-hydrogen) atoms. The first-order valence-electron chi connectivity index (χ1n) is 8.96. The molecule has 6 nitrogen and oxygen atoms in total. The van der Waals surface area contributed by atoms with Crippen molar-refractivity contribution in [3.8, 4) is 0 Å². The van der Waals surface area contributed by atoms with Crippen molar-refractivity contribution in [3.05, 3.63) is 73.9 Å². The highest BCUT2D eigenvalue weighted by atomic mass is 79.9. The Morgan fingerprint density at radius 2 is 1.77 bits per heavy atom. The SMILES string of the molecule is CCn1c(CNC(=O)c2ccc(Cl)c(Cl)c2)nnc1SCC(=O)c1ccc(Br)cc1. The summed E-state index contributed by atoms with van der Waals surface area (Å²) in [5, 5.41) is 12.5. The molecule has 3 rings (SSSR count). The lowest BCUT2D eigenvalue weighted by Gasteiger charge is -2.09. The van der Waals surface area contributed by atoms with Crippen molar-refractivity contribution < 1.29 is 9.59 Å². The van der Waals surface area contributed by atoms with Crippen LogP contribution in [0.1, 0.15) is 33.5 Å². The summed E-state index contributed by atoms with van der Waals surface area (Å²) >= 11 is 16.5. The molecule has 0 spiro atoms. The van der Waals surface area contributed by atoms with E-state index in [2.05, 4.69) is 31.4 Å². The molecule has 1 aromatic heterocycles. The van der Waals surface area contributed by atoms with E-state index in [-0.39, 0.29) is 24.0 Å². The molecule has 1 heterocycles. The molecule has 3 aromatic rings. The molecule has 0 saturated heterocycles. The average molecular weight is 528 g/mol. The first-order valence-corrected chi connectivity index (χ1v) is 11.5. The van der Waals surface area contributed by atoms with Crippen LogP contribution in [0, 0.1) is 0 Å². The Bertz CT molecular complexity index is 1070. The first kappa shape index (κ1) is 22.8. The highest BCUT2D eigenvalue weighted by Gasteiger charge is 2.15. The molecule has 10 heteroatoms. The fourth-order valence-electron chi connectivity index (χ4n) is 2.62. The zero-order valence-corrected chi connectivity index (χ0v) is 19.8. The smallest absolute Gasteiger partial charge is 0.251 e. The second-order valence-electron chi connectivity index (χ2n) is 6.17. The van der Waals surface area contributed by atoms with Crippen molar-refractivity contribution >= 4 is 62.6 Å². The van der Waals surface area contributed by atoms with Crippen molar-refractivity contribution in [3.63, 3.8) is 0 Å². The Morgan fingerprint density at radius 1 is 1.07 bits per heavy atom. The standard InChI is InChI=1S/C20H17BrCl2N4O2S/c1-2-27-18(10-24-19(29)13-5-8-15(22)16(23)9-13)25-26-20(27)30-11-17(28)12-3-6-14(21)7-4-12/h3-9H,2,10-11H2,1H3,(H,24,29). The van der Waals surface area contributed by atoms with Gasteiger partial charge in [0.1, 0.15) is 0 Å². The van der Waals surface area contributed by atoms with Gasteiger partial charge >= 0.3 is 0 Å². The van der Waals surface area contributed by atoms with E-state index < -0.39 is 0 Å². The van der Waals surface area contributed by atoms with E-state index in [0.29, 0.717) is 38.7 Å². The molecule has 0 unspecified atom stereocenters. The molecule has 1 amide bonds. The Hall–Kier alpha value is -1.87. The predicted molar refractivity (Wildman–Crippen MR) is 123 cm³/mol. The van der Waals surface area contributed by atoms with Crippen LogP contribution in [-0.2, 0) is 13.1 Å². The number of rotatable bonds is 8. The number of carbonyl (C=O) groups excluding carboxylic acids is 2. The van der Waals surface area contributed by atoms with Crippen LogP contribution in [0.5, 0.6) is 0 Å². The molecule has 0 aliphatic heterocycles. The summed E-state index contributed by atoms with van der Waals surface area (Å²) in [7, 11) is 0. The van der Waals surface area contributed by atoms with Gasteiger partial charge in [0.25, 0.3) is 5.91 Å². The monoisotopic (exact) mass is 526 g/mol. The van der Waals surface area contributed by atoms with Crippen molar-refractivity contribution in [2.24, 2.45) is 0 Å². The summed E-state index contributed by atoms with van der Waals surface area (Å²) in [5.74, 6) is 0.561. The lowest BCUT2D eigenvalue weighted by Crippen LogP contribution is -2.24. The molecule has 0 saturated carbocycles. The molecule has 1 N–H and O–H groups in total. The van der Waals surface area contributed by atoms with Gasteiger partial charge in [0.2, 0.25) is 0 Å². The van der Waals surface area contributed by atoms with Crippen molar-refractivity contribution in [2.75, 3.05) is 5.75 Å². The predicted octanol–water partition coefficient (Wildman–Crippen LogP) is 5.27. The van der Waals surface area contributed by atoms with Gasteiger partial charge in [-0.3, -0.25) is 9.59 Å². The van der Waals surface area contributed by atoms with Crippen LogP contribution in [-0.4, -0.2) is 32.2 Å². The van der Waals surface area contributed by atoms with E-state index in [1.165, 1.54) is 17.8 Å². The van der Waals surface area contributed by atoms with Gasteiger partial charge in [0.05, 0.1) is 22.3 Å². The maximum Gasteiger partial charge on any atom is 0.251 e. The molecule has 2 aromatic carbocycles. The van der Waals surface area contributed by atoms with Gasteiger partial charge < -0.3 is 9.88 Å². The molecular formula is C20H17BrCl2N4O2S. The summed E-state index contributed by atoms with van der Waals surface area (Å²) in [6.07, 6.45) is 0. The topological polar surface area (TPSA) is 76.9 Å². The number of carbonyl (C=O) groups is 2. The van der Waals surface area contributed by atoms with Crippen molar-refractivity contribution in [1.29, 1.82) is 0 Å². The number of Topliss-reactive ketones (excluding diaryl/α,β-unsaturated/α-hetero) is 1. The van der Waals surface area contributed by atoms with E-state index >= 15 is 0 Å². The third kappa shape index (κ3) is 5.63. The first-order chi connectivity index (χ1) is 14.4. The molecule has 0 fully saturated rings. The third-order valence-electron chi connectivity index (χ3n) is 4.20. The number of nitrogens with zero attached hydrogens (tertiary/aromatic N) is 3. The summed E-state index contributed by atoms with van der Waals surface area (Å²) in [4.78, 5) is 24.7. The summed E-state index contributed by atoms with van der Waals surface area (Å²) < 4.78 is 2.79. The molecule has 0 atom stereocenters. The van der Waals surface area contributed by atoms with Crippen molar-refractivity contribution in [1.82, 2.24) is 20.1 Å². The van der Waals surface area contributed by atoms with Crippen molar-refractivity contribution in [2.45, 2.75) is 25.2 Å². The third-order valence-corrected chi connectivity index (χ3v) is 6.43. The quantitative estimate of drug-likeness (QED) is 0.319. The van der Waals surface area contributed by atoms with Crippen LogP contribution in [0.2, 0.25) is 10.0 Å². The minimum Gasteiger partial charge on any atom is -0.345 e. The summed E-state index contributed by atoms with van der Waals surface area (Å²) in [5.41, 5.74) is 1.05. The Balaban J connectivity index is 1.62. The van der Waals surface area contributed by atoms with Gasteiger partial charge in [-0.2, -0.15) is 0 Å². The molecule has 0 aliphatic rings. The molecular weight excluding hydrogens is 511 g/mol. The van der Waals surface area contributed by atoms with Crippen LogP contribution in [0.4, 0.5) is 0 Å². The van der Waals surface area contributed by atoms with E-state index in [1.54, 1.807) is 24.3 Å². The number of hydrogen-bond donors (Lipinski definition) is 1. The number of ketones is 1. The van der Waals surface area contributed by atoms with E-state index in [1.807, 2.05) is 23.6 Å². The Labute approximate surface area is 196 Å². The van der Waals surface area contributed by atoms with Crippen LogP contribution >= 0.6 is 50.9 Å². The van der Waals surface area contributed by atoms with Gasteiger partial charge in [0, 0.05) is 22.1 Å². The fraction of sp³-hybridized carbons (Fsp3) is 0.200. The number of hydrogen-bond acceptors (Lipinski definition) is 5. The molecule has 0 bridgehead atoms. The zero-order chi connectivity index (χ0) is 21.7. The van der Waals surface area contributed by atoms with Gasteiger partial charge in [-0.25, -0.2) is 0 Å². The number of halogens is 3. The fourth-order valence-corrected chi connectivity index (χ4v) is 4.10. The highest BCUT2D eigenvalue weighted by Crippen LogP contribution is 2.23. The zero-order valence-electron chi connectivity index (χ0n) is 15.9. The van der Waals surface area contributed by atoms with Crippen LogP contribution in [0.3, 0.4) is 0 Å². The lowest BCUT2D eigenvalue weighted by atomic mass is 10.2. The minimum absolute atomic E-state index is 0.00706. The minimum atomic E-state index is -0.293. The maximum atomic E-state index is 12.4. The number of amides is 1. The Kier molecular flexibility index (Phi) is 7.93. The number of nitrogens with one attached hydrogen (secondary N) is 1. The molecule has 0 aliphatic carbocycles. The van der Waals surface area contributed by atoms with Gasteiger partial charge in [-0.1, -0.05) is 63.0 Å². The van der Waals surface area contributed by atoms with E-state index in [4.69, 9.17) is 23.2 Å². The van der Waals surface area contributed by atoms with E-state index in [0.717, 1.165) is 4.47 Å². The largest absolute Gasteiger partial charge is 0.345 e. The normalized spacial score (nSPS) is 10.8. The van der Waals surface area contributed by atoms with E-state index in [9.17, 15) is 9.59 Å². The lowest BCUT2D eigenvalue weighted by molar-refractivity contribution is 0.0948. The summed E-state index contributed by atoms with van der Waals surface area (Å²) in [6.45, 7) is 2.76. The summed E-state index contributed by atoms with van der Waals surface area (Å²) in [6, 6.07) is 11.9. The number of thioether (sulfide) groups is 1. The van der Waals surface area contributed by atoms with Crippen LogP contribution in [0.25, 0.3) is 0 Å². The van der Waals surface area contributed by atoms with Gasteiger partial charge in [0.15, 0.2) is 16.8 Å². The second-order valence-corrected chi connectivity index (χ2v) is 8.85. The highest BCUT2D eigenvalue weighted by molar-refractivity contribution is 9.10. The average Bonchev–Trinajstić information content (AvgIpc) is 3.14. The maximum absolute atomic E-state index is 12.4. The van der Waals surface area contributed by atoms with Gasteiger partial charge in [-0.15, -0.1) is 10.2 Å². The second kappa shape index (κ2) is 10.4. The number of benzene rings is 2. The van der Waals surface area contributed by atoms with Crippen LogP contribution in [0.15, 0.2) is 52.1 Å². The number of aromatic nitrogens is 3. The van der Waals surface area contributed by atoms with Crippen LogP contribution < -0.4 is 5.32 Å². The Morgan fingerprint density at radius 3 is 2.43 bits per heavy atom.